The Morgan fingerprint density at radius 2 is 2.06 bits per heavy atom. The number of hydrogen-bond donors (Lipinski definition) is 2. The number of hydrogen-bond acceptors (Lipinski definition) is 10. The number of sulfonamides is 1. The Labute approximate surface area is 196 Å². The molecule has 174 valence electrons. The topological polar surface area (TPSA) is 146 Å². The summed E-state index contributed by atoms with van der Waals surface area (Å²) in [6.45, 7) is 2.77. The molecule has 2 aromatic heterocycles. The summed E-state index contributed by atoms with van der Waals surface area (Å²) in [7, 11) is -2.92. The molecule has 2 N–H and O–H groups in total. The van der Waals surface area contributed by atoms with E-state index in [1.165, 1.54) is 31.5 Å². The average Bonchev–Trinajstić information content (AvgIpc) is 3.50. The summed E-state index contributed by atoms with van der Waals surface area (Å²) in [6.07, 6.45) is 0. The van der Waals surface area contributed by atoms with E-state index in [1.54, 1.807) is 6.92 Å². The standard InChI is InChI=1S/C19H16ClN3O8S2/c1-8-13(20)19(31-22-8)23-33(26,27)12-4-5-32-17(12)18(25)21-14-10(9(2)24)6-11-15(16(14)28-3)30-7-29-11/h4-6,23H,7H2,1-3H3,(H,21,25). The molecule has 0 atom stereocenters. The Hall–Kier alpha value is -3.29. The van der Waals surface area contributed by atoms with E-state index < -0.39 is 15.9 Å². The first-order valence-electron chi connectivity index (χ1n) is 9.19. The number of aromatic nitrogens is 1. The van der Waals surface area contributed by atoms with Crippen molar-refractivity contribution in [1.82, 2.24) is 5.16 Å². The molecule has 1 aromatic carbocycles. The van der Waals surface area contributed by atoms with Gasteiger partial charge in [0.05, 0.1) is 12.8 Å². The van der Waals surface area contributed by atoms with Gasteiger partial charge in [-0.15, -0.1) is 11.3 Å². The van der Waals surface area contributed by atoms with Crippen LogP contribution < -0.4 is 24.2 Å². The molecular formula is C19H16ClN3O8S2. The van der Waals surface area contributed by atoms with E-state index in [0.717, 1.165) is 11.3 Å². The zero-order valence-electron chi connectivity index (χ0n) is 17.3. The number of aryl methyl sites for hydroxylation is 1. The van der Waals surface area contributed by atoms with Crippen LogP contribution in [0.4, 0.5) is 11.6 Å². The number of Topliss-reactive ketones (excluding diaryl/α,β-unsaturated/α-hetero) is 1. The molecule has 0 unspecified atom stereocenters. The molecule has 0 aliphatic carbocycles. The van der Waals surface area contributed by atoms with Gasteiger partial charge < -0.3 is 24.1 Å². The number of ketones is 1. The van der Waals surface area contributed by atoms with Gasteiger partial charge in [0.15, 0.2) is 17.3 Å². The van der Waals surface area contributed by atoms with E-state index in [2.05, 4.69) is 15.2 Å². The molecule has 33 heavy (non-hydrogen) atoms. The molecule has 0 bridgehead atoms. The zero-order valence-corrected chi connectivity index (χ0v) is 19.7. The fraction of sp³-hybridized carbons (Fsp3) is 0.211. The third kappa shape index (κ3) is 4.10. The summed E-state index contributed by atoms with van der Waals surface area (Å²) < 4.78 is 48.9. The summed E-state index contributed by atoms with van der Waals surface area (Å²) in [4.78, 5) is 24.9. The summed E-state index contributed by atoms with van der Waals surface area (Å²) in [6, 6.07) is 2.67. The predicted molar refractivity (Wildman–Crippen MR) is 118 cm³/mol. The molecule has 3 aromatic rings. The SMILES string of the molecule is COc1c(NC(=O)c2sccc2S(=O)(=O)Nc2onc(C)c2Cl)c(C(C)=O)cc2c1OCO2. The highest BCUT2D eigenvalue weighted by atomic mass is 35.5. The van der Waals surface area contributed by atoms with Crippen LogP contribution in [-0.4, -0.2) is 39.2 Å². The Kier molecular flexibility index (Phi) is 5.95. The first kappa shape index (κ1) is 22.9. The number of halogens is 1. The summed E-state index contributed by atoms with van der Waals surface area (Å²) in [5.41, 5.74) is 0.426. The van der Waals surface area contributed by atoms with Gasteiger partial charge in [0.2, 0.25) is 12.5 Å². The van der Waals surface area contributed by atoms with Crippen molar-refractivity contribution in [2.75, 3.05) is 23.9 Å². The largest absolute Gasteiger partial charge is 0.491 e. The Balaban J connectivity index is 1.70. The fourth-order valence-electron chi connectivity index (χ4n) is 3.05. The number of anilines is 2. The van der Waals surface area contributed by atoms with Crippen molar-refractivity contribution in [1.29, 1.82) is 0 Å². The van der Waals surface area contributed by atoms with Crippen molar-refractivity contribution >= 4 is 56.2 Å². The Bertz CT molecular complexity index is 1380. The van der Waals surface area contributed by atoms with Crippen LogP contribution in [0.5, 0.6) is 17.2 Å². The first-order valence-corrected chi connectivity index (χ1v) is 11.9. The van der Waals surface area contributed by atoms with Crippen molar-refractivity contribution in [3.63, 3.8) is 0 Å². The van der Waals surface area contributed by atoms with E-state index in [1.807, 2.05) is 0 Å². The zero-order chi connectivity index (χ0) is 23.9. The van der Waals surface area contributed by atoms with Crippen molar-refractivity contribution in [3.8, 4) is 17.2 Å². The monoisotopic (exact) mass is 513 g/mol. The van der Waals surface area contributed by atoms with E-state index in [4.69, 9.17) is 30.3 Å². The minimum Gasteiger partial charge on any atom is -0.491 e. The highest BCUT2D eigenvalue weighted by molar-refractivity contribution is 7.93. The van der Waals surface area contributed by atoms with Crippen LogP contribution in [-0.2, 0) is 10.0 Å². The van der Waals surface area contributed by atoms with Crippen LogP contribution in [0.1, 0.15) is 32.6 Å². The number of rotatable bonds is 7. The van der Waals surface area contributed by atoms with Crippen LogP contribution >= 0.6 is 22.9 Å². The maximum Gasteiger partial charge on any atom is 0.267 e. The molecule has 3 heterocycles. The van der Waals surface area contributed by atoms with Crippen molar-refractivity contribution in [2.45, 2.75) is 18.7 Å². The lowest BCUT2D eigenvalue weighted by Gasteiger charge is -2.16. The number of nitrogens with zero attached hydrogens (tertiary/aromatic N) is 1. The second-order valence-electron chi connectivity index (χ2n) is 6.71. The molecule has 0 radical (unpaired) electrons. The van der Waals surface area contributed by atoms with Gasteiger partial charge in [0.25, 0.3) is 21.8 Å². The number of ether oxygens (including phenoxy) is 3. The quantitative estimate of drug-likeness (QED) is 0.451. The van der Waals surface area contributed by atoms with E-state index in [0.29, 0.717) is 5.69 Å². The third-order valence-electron chi connectivity index (χ3n) is 4.58. The van der Waals surface area contributed by atoms with Crippen molar-refractivity contribution in [2.24, 2.45) is 0 Å². The molecule has 0 fully saturated rings. The first-order chi connectivity index (χ1) is 15.6. The van der Waals surface area contributed by atoms with Gasteiger partial charge in [-0.3, -0.25) is 9.59 Å². The smallest absolute Gasteiger partial charge is 0.267 e. The molecule has 4 rings (SSSR count). The number of benzene rings is 1. The van der Waals surface area contributed by atoms with E-state index in [-0.39, 0.29) is 61.8 Å². The summed E-state index contributed by atoms with van der Waals surface area (Å²) in [5, 5.41) is 7.59. The number of carbonyl (C=O) groups is 2. The van der Waals surface area contributed by atoms with Crippen molar-refractivity contribution < 1.29 is 36.7 Å². The third-order valence-corrected chi connectivity index (χ3v) is 7.45. The Morgan fingerprint density at radius 3 is 2.70 bits per heavy atom. The van der Waals surface area contributed by atoms with Gasteiger partial charge in [-0.25, -0.2) is 13.1 Å². The lowest BCUT2D eigenvalue weighted by Crippen LogP contribution is -2.19. The molecule has 11 nitrogen and oxygen atoms in total. The Morgan fingerprint density at radius 1 is 1.30 bits per heavy atom. The van der Waals surface area contributed by atoms with Crippen LogP contribution in [0, 0.1) is 6.92 Å². The van der Waals surface area contributed by atoms with Crippen LogP contribution in [0.2, 0.25) is 5.02 Å². The lowest BCUT2D eigenvalue weighted by atomic mass is 10.1. The summed E-state index contributed by atoms with van der Waals surface area (Å²) >= 11 is 6.87. The molecule has 14 heteroatoms. The second kappa shape index (κ2) is 8.57. The highest BCUT2D eigenvalue weighted by Gasteiger charge is 2.31. The number of thiophene rings is 1. The van der Waals surface area contributed by atoms with Gasteiger partial charge in [0.1, 0.15) is 20.5 Å². The van der Waals surface area contributed by atoms with Crippen molar-refractivity contribution in [3.05, 3.63) is 38.7 Å². The average molecular weight is 514 g/mol. The number of fused-ring (bicyclic) bond motifs is 1. The number of methoxy groups -OCH3 is 1. The van der Waals surface area contributed by atoms with E-state index >= 15 is 0 Å². The van der Waals surface area contributed by atoms with Gasteiger partial charge >= 0.3 is 0 Å². The second-order valence-corrected chi connectivity index (χ2v) is 9.65. The van der Waals surface area contributed by atoms with Crippen LogP contribution in [0.3, 0.4) is 0 Å². The number of amides is 1. The molecule has 1 amide bonds. The molecule has 0 spiro atoms. The fourth-order valence-corrected chi connectivity index (χ4v) is 5.54. The molecule has 0 saturated carbocycles. The minimum absolute atomic E-state index is 0.00370. The molecular weight excluding hydrogens is 498 g/mol. The van der Waals surface area contributed by atoms with E-state index in [9.17, 15) is 18.0 Å². The maximum absolute atomic E-state index is 13.1. The van der Waals surface area contributed by atoms with Crippen LogP contribution in [0.15, 0.2) is 26.9 Å². The van der Waals surface area contributed by atoms with Gasteiger partial charge in [-0.2, -0.15) is 0 Å². The van der Waals surface area contributed by atoms with Gasteiger partial charge in [-0.05, 0) is 31.4 Å². The minimum atomic E-state index is -4.26. The number of carbonyl (C=O) groups excluding carboxylic acids is 2. The summed E-state index contributed by atoms with van der Waals surface area (Å²) in [5.74, 6) is -0.857. The number of nitrogens with one attached hydrogen (secondary N) is 2. The lowest BCUT2D eigenvalue weighted by molar-refractivity contribution is 0.101. The molecule has 1 aliphatic rings. The highest BCUT2D eigenvalue weighted by Crippen LogP contribution is 2.48. The molecule has 0 saturated heterocycles. The van der Waals surface area contributed by atoms with Gasteiger partial charge in [-0.1, -0.05) is 16.8 Å². The maximum atomic E-state index is 13.1. The molecule has 1 aliphatic heterocycles. The predicted octanol–water partition coefficient (Wildman–Crippen LogP) is 3.69. The van der Waals surface area contributed by atoms with Crippen LogP contribution in [0.25, 0.3) is 0 Å². The van der Waals surface area contributed by atoms with Gasteiger partial charge in [0, 0.05) is 5.56 Å². The normalized spacial score (nSPS) is 12.5.